The van der Waals surface area contributed by atoms with Gasteiger partial charge < -0.3 is 14.3 Å². The van der Waals surface area contributed by atoms with E-state index in [4.69, 9.17) is 14.6 Å². The van der Waals surface area contributed by atoms with E-state index in [0.717, 1.165) is 5.56 Å². The van der Waals surface area contributed by atoms with Gasteiger partial charge in [-0.2, -0.15) is 0 Å². The number of aryl methyl sites for hydroxylation is 1. The molecule has 5 heteroatoms. The first-order valence-corrected chi connectivity index (χ1v) is 5.08. The van der Waals surface area contributed by atoms with E-state index in [1.807, 2.05) is 19.1 Å². The summed E-state index contributed by atoms with van der Waals surface area (Å²) in [6, 6.07) is 5.48. The van der Waals surface area contributed by atoms with E-state index >= 15 is 0 Å². The number of hydrogen-bond acceptors (Lipinski definition) is 4. The zero-order valence-corrected chi connectivity index (χ0v) is 10.4. The first kappa shape index (κ1) is 13.4. The Kier molecular flexibility index (Phi) is 4.02. The summed E-state index contributed by atoms with van der Waals surface area (Å²) in [7, 11) is 0. The Morgan fingerprint density at radius 1 is 1.47 bits per heavy atom. The lowest BCUT2D eigenvalue weighted by Crippen LogP contribution is -2.03. The molecule has 4 nitrogen and oxygen atoms in total. The standard InChI is InChI=1S/C12H13NO3.ClH/c1-3-15-12(13)11-9(14)8-6-4-5-7(2)10(8)16-11;/h4-6,13-14H,3H2,1-2H3;1H. The number of benzene rings is 1. The fourth-order valence-electron chi connectivity index (χ4n) is 1.61. The number of furan rings is 1. The topological polar surface area (TPSA) is 66.5 Å². The maximum absolute atomic E-state index is 9.90. The molecule has 0 atom stereocenters. The van der Waals surface area contributed by atoms with E-state index in [1.54, 1.807) is 13.0 Å². The van der Waals surface area contributed by atoms with E-state index in [1.165, 1.54) is 0 Å². The lowest BCUT2D eigenvalue weighted by molar-refractivity contribution is 0.314. The van der Waals surface area contributed by atoms with Crippen molar-refractivity contribution in [2.24, 2.45) is 0 Å². The highest BCUT2D eigenvalue weighted by Crippen LogP contribution is 2.33. The molecule has 1 aromatic carbocycles. The van der Waals surface area contributed by atoms with Gasteiger partial charge in [-0.1, -0.05) is 12.1 Å². The molecule has 0 saturated carbocycles. The van der Waals surface area contributed by atoms with Crippen LogP contribution in [-0.2, 0) is 4.74 Å². The Bertz CT molecular complexity index is 548. The predicted molar refractivity (Wildman–Crippen MR) is 68.3 cm³/mol. The van der Waals surface area contributed by atoms with Crippen LogP contribution in [0.2, 0.25) is 0 Å². The minimum atomic E-state index is -0.143. The molecule has 0 fully saturated rings. The Hall–Kier alpha value is -1.68. The molecule has 17 heavy (non-hydrogen) atoms. The maximum atomic E-state index is 9.90. The van der Waals surface area contributed by atoms with Gasteiger partial charge >= 0.3 is 0 Å². The quantitative estimate of drug-likeness (QED) is 0.640. The van der Waals surface area contributed by atoms with E-state index in [0.29, 0.717) is 17.6 Å². The van der Waals surface area contributed by atoms with Crippen molar-refractivity contribution >= 4 is 29.3 Å². The molecule has 1 heterocycles. The van der Waals surface area contributed by atoms with E-state index in [2.05, 4.69) is 0 Å². The number of aromatic hydroxyl groups is 1. The third-order valence-electron chi connectivity index (χ3n) is 2.38. The molecule has 0 aliphatic rings. The lowest BCUT2D eigenvalue weighted by atomic mass is 10.1. The second-order valence-electron chi connectivity index (χ2n) is 3.49. The summed E-state index contributed by atoms with van der Waals surface area (Å²) < 4.78 is 10.5. The zero-order chi connectivity index (χ0) is 11.7. The fraction of sp³-hybridized carbons (Fsp3) is 0.250. The number of para-hydroxylation sites is 1. The van der Waals surface area contributed by atoms with Crippen LogP contribution in [0.5, 0.6) is 5.75 Å². The SMILES string of the molecule is CCOC(=N)c1oc2c(C)cccc2c1O.Cl. The first-order valence-electron chi connectivity index (χ1n) is 5.08. The molecule has 2 N–H and O–H groups in total. The summed E-state index contributed by atoms with van der Waals surface area (Å²) >= 11 is 0. The summed E-state index contributed by atoms with van der Waals surface area (Å²) in [6.07, 6.45) is 0. The van der Waals surface area contributed by atoms with Crippen molar-refractivity contribution in [3.63, 3.8) is 0 Å². The van der Waals surface area contributed by atoms with Crippen molar-refractivity contribution in [2.75, 3.05) is 6.61 Å². The zero-order valence-electron chi connectivity index (χ0n) is 9.61. The minimum absolute atomic E-state index is 0. The third-order valence-corrected chi connectivity index (χ3v) is 2.38. The predicted octanol–water partition coefficient (Wildman–Crippen LogP) is 3.23. The molecule has 0 unspecified atom stereocenters. The molecular weight excluding hydrogens is 242 g/mol. The van der Waals surface area contributed by atoms with Crippen molar-refractivity contribution in [1.29, 1.82) is 5.41 Å². The van der Waals surface area contributed by atoms with Crippen LogP contribution in [0, 0.1) is 12.3 Å². The molecular formula is C12H14ClNO3. The van der Waals surface area contributed by atoms with Gasteiger partial charge in [-0.3, -0.25) is 5.41 Å². The molecule has 0 radical (unpaired) electrons. The molecule has 0 aliphatic heterocycles. The highest BCUT2D eigenvalue weighted by Gasteiger charge is 2.19. The highest BCUT2D eigenvalue weighted by molar-refractivity contribution is 6.00. The summed E-state index contributed by atoms with van der Waals surface area (Å²) in [5.41, 5.74) is 1.52. The van der Waals surface area contributed by atoms with Crippen LogP contribution >= 0.6 is 12.4 Å². The molecule has 2 aromatic rings. The summed E-state index contributed by atoms with van der Waals surface area (Å²) in [6.45, 7) is 4.03. The van der Waals surface area contributed by atoms with Crippen LogP contribution in [0.15, 0.2) is 22.6 Å². The number of fused-ring (bicyclic) bond motifs is 1. The minimum Gasteiger partial charge on any atom is -0.504 e. The average Bonchev–Trinajstić information content (AvgIpc) is 2.59. The normalized spacial score (nSPS) is 10.0. The molecule has 0 amide bonds. The summed E-state index contributed by atoms with van der Waals surface area (Å²) in [4.78, 5) is 0. The molecule has 92 valence electrons. The molecule has 0 saturated heterocycles. The summed E-state index contributed by atoms with van der Waals surface area (Å²) in [5, 5.41) is 18.1. The van der Waals surface area contributed by atoms with Gasteiger partial charge in [0.15, 0.2) is 5.75 Å². The molecule has 0 spiro atoms. The van der Waals surface area contributed by atoms with Gasteiger partial charge in [0.2, 0.25) is 5.76 Å². The van der Waals surface area contributed by atoms with Crippen molar-refractivity contribution in [3.8, 4) is 5.75 Å². The third kappa shape index (κ3) is 2.22. The second kappa shape index (κ2) is 5.10. The van der Waals surface area contributed by atoms with Crippen LogP contribution < -0.4 is 0 Å². The number of hydrogen-bond donors (Lipinski definition) is 2. The number of rotatable bonds is 2. The maximum Gasteiger partial charge on any atom is 0.254 e. The Morgan fingerprint density at radius 3 is 2.76 bits per heavy atom. The van der Waals surface area contributed by atoms with Gasteiger partial charge in [0.1, 0.15) is 5.58 Å². The van der Waals surface area contributed by atoms with Crippen LogP contribution in [0.1, 0.15) is 18.2 Å². The van der Waals surface area contributed by atoms with Gasteiger partial charge in [0.25, 0.3) is 5.90 Å². The summed E-state index contributed by atoms with van der Waals surface area (Å²) in [5.74, 6) is -0.0844. The van der Waals surface area contributed by atoms with Gasteiger partial charge in [-0.15, -0.1) is 12.4 Å². The number of nitrogens with one attached hydrogen (secondary N) is 1. The highest BCUT2D eigenvalue weighted by atomic mass is 35.5. The van der Waals surface area contributed by atoms with E-state index in [-0.39, 0.29) is 29.8 Å². The van der Waals surface area contributed by atoms with Crippen molar-refractivity contribution in [2.45, 2.75) is 13.8 Å². The monoisotopic (exact) mass is 255 g/mol. The van der Waals surface area contributed by atoms with Crippen molar-refractivity contribution in [3.05, 3.63) is 29.5 Å². The van der Waals surface area contributed by atoms with Gasteiger partial charge in [-0.25, -0.2) is 0 Å². The van der Waals surface area contributed by atoms with Gasteiger partial charge in [0, 0.05) is 0 Å². The van der Waals surface area contributed by atoms with Crippen LogP contribution in [0.4, 0.5) is 0 Å². The fourth-order valence-corrected chi connectivity index (χ4v) is 1.61. The molecule has 0 aliphatic carbocycles. The Labute approximate surface area is 105 Å². The molecule has 2 rings (SSSR count). The number of halogens is 1. The Morgan fingerprint density at radius 2 is 2.18 bits per heavy atom. The van der Waals surface area contributed by atoms with Crippen LogP contribution in [0.3, 0.4) is 0 Å². The van der Waals surface area contributed by atoms with Gasteiger partial charge in [0.05, 0.1) is 12.0 Å². The average molecular weight is 256 g/mol. The molecule has 0 bridgehead atoms. The van der Waals surface area contributed by atoms with Crippen molar-refractivity contribution in [1.82, 2.24) is 0 Å². The van der Waals surface area contributed by atoms with Crippen LogP contribution in [-0.4, -0.2) is 17.6 Å². The Balaban J connectivity index is 0.00000144. The van der Waals surface area contributed by atoms with Crippen LogP contribution in [0.25, 0.3) is 11.0 Å². The largest absolute Gasteiger partial charge is 0.504 e. The smallest absolute Gasteiger partial charge is 0.254 e. The molecule has 1 aromatic heterocycles. The van der Waals surface area contributed by atoms with E-state index in [9.17, 15) is 5.11 Å². The van der Waals surface area contributed by atoms with Crippen molar-refractivity contribution < 1.29 is 14.3 Å². The first-order chi connectivity index (χ1) is 7.65. The van der Waals surface area contributed by atoms with Gasteiger partial charge in [-0.05, 0) is 25.5 Å². The second-order valence-corrected chi connectivity index (χ2v) is 3.49. The van der Waals surface area contributed by atoms with E-state index < -0.39 is 0 Å². The lowest BCUT2D eigenvalue weighted by Gasteiger charge is -2.00. The number of ether oxygens (including phenoxy) is 1.